The molecule has 3 aromatic rings. The predicted molar refractivity (Wildman–Crippen MR) is 102 cm³/mol. The molecule has 3 N–H and O–H groups in total. The maximum atomic E-state index is 12.9. The van der Waals surface area contributed by atoms with Gasteiger partial charge in [-0.15, -0.1) is 0 Å². The number of nitrogens with zero attached hydrogens (tertiary/aromatic N) is 2. The van der Waals surface area contributed by atoms with Gasteiger partial charge >= 0.3 is 0 Å². The normalized spacial score (nSPS) is 12.7. The third kappa shape index (κ3) is 4.19. The number of halogens is 1. The summed E-state index contributed by atoms with van der Waals surface area (Å²) in [5.41, 5.74) is 6.11. The van der Waals surface area contributed by atoms with Crippen molar-refractivity contribution in [2.45, 2.75) is 10.9 Å². The maximum absolute atomic E-state index is 12.9. The third-order valence-electron chi connectivity index (χ3n) is 4.04. The quantitative estimate of drug-likeness (QED) is 0.656. The Kier molecular flexibility index (Phi) is 5.31. The largest absolute Gasteiger partial charge is 0.366 e. The molecule has 140 valence electrons. The van der Waals surface area contributed by atoms with E-state index in [1.807, 2.05) is 0 Å². The van der Waals surface area contributed by atoms with Gasteiger partial charge in [0.2, 0.25) is 15.9 Å². The standard InChI is InChI=1S/C18H17ClN4O3S/c1-23-11-10-21-18(23)16(12-2-6-14(19)7-3-12)22-27(25,26)15-8-4-13(5-9-15)17(20)24/h2-11,16,22H,1H3,(H2,20,24)/t16-/m0/s1. The van der Waals surface area contributed by atoms with Crippen LogP contribution >= 0.6 is 11.6 Å². The van der Waals surface area contributed by atoms with Crippen LogP contribution in [-0.4, -0.2) is 23.9 Å². The molecule has 0 unspecified atom stereocenters. The van der Waals surface area contributed by atoms with Crippen molar-refractivity contribution < 1.29 is 13.2 Å². The minimum Gasteiger partial charge on any atom is -0.366 e. The van der Waals surface area contributed by atoms with Gasteiger partial charge in [0.15, 0.2) is 0 Å². The molecule has 0 aliphatic rings. The smallest absolute Gasteiger partial charge is 0.248 e. The summed E-state index contributed by atoms with van der Waals surface area (Å²) in [5.74, 6) is -0.103. The van der Waals surface area contributed by atoms with Gasteiger partial charge in [0.1, 0.15) is 11.9 Å². The van der Waals surface area contributed by atoms with Crippen LogP contribution in [0.2, 0.25) is 5.02 Å². The fraction of sp³-hybridized carbons (Fsp3) is 0.111. The summed E-state index contributed by atoms with van der Waals surface area (Å²) in [4.78, 5) is 15.5. The van der Waals surface area contributed by atoms with Crippen LogP contribution in [0.3, 0.4) is 0 Å². The van der Waals surface area contributed by atoms with Crippen molar-refractivity contribution in [2.24, 2.45) is 12.8 Å². The summed E-state index contributed by atoms with van der Waals surface area (Å²) in [5, 5.41) is 0.544. The zero-order valence-corrected chi connectivity index (χ0v) is 15.9. The maximum Gasteiger partial charge on any atom is 0.248 e. The average molecular weight is 405 g/mol. The highest BCUT2D eigenvalue weighted by Gasteiger charge is 2.25. The number of amides is 1. The summed E-state index contributed by atoms with van der Waals surface area (Å²) in [7, 11) is -2.11. The highest BCUT2D eigenvalue weighted by Crippen LogP contribution is 2.25. The first-order valence-corrected chi connectivity index (χ1v) is 9.79. The van der Waals surface area contributed by atoms with E-state index in [9.17, 15) is 13.2 Å². The average Bonchev–Trinajstić information content (AvgIpc) is 3.06. The monoisotopic (exact) mass is 404 g/mol. The Labute approximate surface area is 161 Å². The first kappa shape index (κ1) is 19.1. The van der Waals surface area contributed by atoms with Crippen LogP contribution in [0.4, 0.5) is 0 Å². The van der Waals surface area contributed by atoms with Gasteiger partial charge in [-0.1, -0.05) is 23.7 Å². The van der Waals surface area contributed by atoms with E-state index in [4.69, 9.17) is 17.3 Å². The fourth-order valence-electron chi connectivity index (χ4n) is 2.60. The molecule has 0 aliphatic carbocycles. The van der Waals surface area contributed by atoms with Crippen LogP contribution in [-0.2, 0) is 17.1 Å². The number of nitrogens with one attached hydrogen (secondary N) is 1. The van der Waals surface area contributed by atoms with Gasteiger partial charge in [0, 0.05) is 30.0 Å². The van der Waals surface area contributed by atoms with Gasteiger partial charge in [-0.05, 0) is 42.0 Å². The molecule has 0 saturated heterocycles. The zero-order valence-electron chi connectivity index (χ0n) is 14.3. The second-order valence-electron chi connectivity index (χ2n) is 5.89. The summed E-state index contributed by atoms with van der Waals surface area (Å²) in [6, 6.07) is 11.5. The lowest BCUT2D eigenvalue weighted by molar-refractivity contribution is 0.1000. The van der Waals surface area contributed by atoms with E-state index >= 15 is 0 Å². The fourth-order valence-corrected chi connectivity index (χ4v) is 3.91. The third-order valence-corrected chi connectivity index (χ3v) is 5.73. The molecule has 1 atom stereocenters. The number of aryl methyl sites for hydroxylation is 1. The molecule has 7 nitrogen and oxygen atoms in total. The molecule has 0 fully saturated rings. The minimum absolute atomic E-state index is 0.0145. The van der Waals surface area contributed by atoms with E-state index in [1.165, 1.54) is 24.3 Å². The topological polar surface area (TPSA) is 107 Å². The van der Waals surface area contributed by atoms with Gasteiger partial charge in [-0.3, -0.25) is 4.79 Å². The first-order valence-electron chi connectivity index (χ1n) is 7.93. The molecule has 27 heavy (non-hydrogen) atoms. The van der Waals surface area contributed by atoms with Crippen LogP contribution < -0.4 is 10.5 Å². The number of primary amides is 1. The number of rotatable bonds is 6. The lowest BCUT2D eigenvalue weighted by atomic mass is 10.1. The Bertz CT molecular complexity index is 1060. The number of hydrogen-bond acceptors (Lipinski definition) is 4. The molecule has 0 saturated carbocycles. The van der Waals surface area contributed by atoms with Gasteiger partial charge < -0.3 is 10.3 Å². The van der Waals surface area contributed by atoms with Crippen LogP contribution in [0.15, 0.2) is 65.8 Å². The van der Waals surface area contributed by atoms with Gasteiger partial charge in [0.05, 0.1) is 4.90 Å². The lowest BCUT2D eigenvalue weighted by Crippen LogP contribution is -2.31. The highest BCUT2D eigenvalue weighted by atomic mass is 35.5. The molecule has 0 spiro atoms. The first-order chi connectivity index (χ1) is 12.8. The van der Waals surface area contributed by atoms with Gasteiger partial charge in [-0.2, -0.15) is 4.72 Å². The van der Waals surface area contributed by atoms with Crippen molar-refractivity contribution in [1.29, 1.82) is 0 Å². The van der Waals surface area contributed by atoms with Crippen molar-refractivity contribution in [3.8, 4) is 0 Å². The molecule has 0 bridgehead atoms. The van der Waals surface area contributed by atoms with E-state index in [2.05, 4.69) is 9.71 Å². The SMILES string of the molecule is Cn1ccnc1[C@@H](NS(=O)(=O)c1ccc(C(N)=O)cc1)c1ccc(Cl)cc1. The molecule has 1 heterocycles. The molecular weight excluding hydrogens is 388 g/mol. The predicted octanol–water partition coefficient (Wildman–Crippen LogP) is 2.24. The van der Waals surface area contributed by atoms with E-state index in [0.29, 0.717) is 16.4 Å². The van der Waals surface area contributed by atoms with Gasteiger partial charge in [-0.25, -0.2) is 13.4 Å². The van der Waals surface area contributed by atoms with Crippen LogP contribution in [0.5, 0.6) is 0 Å². The Hall–Kier alpha value is -2.68. The summed E-state index contributed by atoms with van der Waals surface area (Å²) in [6.07, 6.45) is 3.32. The Morgan fingerprint density at radius 2 is 1.78 bits per heavy atom. The molecule has 1 aromatic heterocycles. The van der Waals surface area contributed by atoms with E-state index in [0.717, 1.165) is 0 Å². The number of imidazole rings is 1. The molecule has 0 radical (unpaired) electrons. The molecule has 1 amide bonds. The number of carbonyl (C=O) groups is 1. The molecule has 2 aromatic carbocycles. The van der Waals surface area contributed by atoms with E-state index in [1.54, 1.807) is 48.3 Å². The second kappa shape index (κ2) is 7.51. The van der Waals surface area contributed by atoms with Crippen molar-refractivity contribution in [3.05, 3.63) is 82.9 Å². The molecular formula is C18H17ClN4O3S. The molecule has 0 aliphatic heterocycles. The van der Waals surface area contributed by atoms with Crippen LogP contribution in [0.25, 0.3) is 0 Å². The summed E-state index contributed by atoms with van der Waals surface area (Å²) < 4.78 is 30.2. The second-order valence-corrected chi connectivity index (χ2v) is 8.04. The summed E-state index contributed by atoms with van der Waals surface area (Å²) in [6.45, 7) is 0. The molecule has 3 rings (SSSR count). The number of aromatic nitrogens is 2. The van der Waals surface area contributed by atoms with Crippen molar-refractivity contribution in [3.63, 3.8) is 0 Å². The summed E-state index contributed by atoms with van der Waals surface area (Å²) >= 11 is 5.94. The number of hydrogen-bond donors (Lipinski definition) is 2. The zero-order chi connectivity index (χ0) is 19.6. The lowest BCUT2D eigenvalue weighted by Gasteiger charge is -2.19. The number of nitrogens with two attached hydrogens (primary N) is 1. The number of benzene rings is 2. The van der Waals surface area contributed by atoms with Crippen LogP contribution in [0.1, 0.15) is 27.8 Å². The highest BCUT2D eigenvalue weighted by molar-refractivity contribution is 7.89. The van der Waals surface area contributed by atoms with Gasteiger partial charge in [0.25, 0.3) is 0 Å². The van der Waals surface area contributed by atoms with E-state index in [-0.39, 0.29) is 10.5 Å². The van der Waals surface area contributed by atoms with E-state index < -0.39 is 22.0 Å². The van der Waals surface area contributed by atoms with Crippen molar-refractivity contribution >= 4 is 27.5 Å². The van der Waals surface area contributed by atoms with Crippen molar-refractivity contribution in [1.82, 2.24) is 14.3 Å². The van der Waals surface area contributed by atoms with Crippen LogP contribution in [0, 0.1) is 0 Å². The Morgan fingerprint density at radius 1 is 1.15 bits per heavy atom. The Morgan fingerprint density at radius 3 is 2.30 bits per heavy atom. The number of carbonyl (C=O) groups excluding carboxylic acids is 1. The minimum atomic E-state index is -3.89. The Balaban J connectivity index is 1.99. The van der Waals surface area contributed by atoms with Crippen molar-refractivity contribution in [2.75, 3.05) is 0 Å². The molecule has 9 heteroatoms. The number of sulfonamides is 1.